The molecular formula is C19H22N2O3. The molecule has 2 aromatic rings. The van der Waals surface area contributed by atoms with Gasteiger partial charge in [-0.1, -0.05) is 30.3 Å². The summed E-state index contributed by atoms with van der Waals surface area (Å²) < 4.78 is 5.79. The second-order valence-electron chi connectivity index (χ2n) is 6.01. The number of amides is 2. The van der Waals surface area contributed by atoms with Crippen LogP contribution in [0.15, 0.2) is 48.5 Å². The zero-order chi connectivity index (χ0) is 16.9. The van der Waals surface area contributed by atoms with Gasteiger partial charge in [-0.2, -0.15) is 0 Å². The number of ether oxygens (including phenoxy) is 1. The van der Waals surface area contributed by atoms with Crippen molar-refractivity contribution >= 4 is 11.7 Å². The molecule has 5 nitrogen and oxygen atoms in total. The van der Waals surface area contributed by atoms with Gasteiger partial charge in [-0.3, -0.25) is 0 Å². The van der Waals surface area contributed by atoms with E-state index in [-0.39, 0.29) is 6.03 Å². The summed E-state index contributed by atoms with van der Waals surface area (Å²) in [5.74, 6) is 0.817. The molecule has 1 heterocycles. The smallest absolute Gasteiger partial charge is 0.321 e. The molecule has 5 heteroatoms. The number of nitrogens with one attached hydrogen (secondary N) is 1. The van der Waals surface area contributed by atoms with Crippen molar-refractivity contribution in [1.82, 2.24) is 4.90 Å². The number of para-hydroxylation sites is 1. The Morgan fingerprint density at radius 3 is 2.75 bits per heavy atom. The Kier molecular flexibility index (Phi) is 5.01. The molecule has 0 unspecified atom stereocenters. The highest BCUT2D eigenvalue weighted by Crippen LogP contribution is 2.22. The fourth-order valence-corrected chi connectivity index (χ4v) is 2.77. The summed E-state index contributed by atoms with van der Waals surface area (Å²) in [7, 11) is 0. The van der Waals surface area contributed by atoms with Crippen LogP contribution in [0.4, 0.5) is 10.5 Å². The molecule has 0 saturated carbocycles. The Balaban J connectivity index is 1.65. The van der Waals surface area contributed by atoms with Crippen LogP contribution in [0, 0.1) is 6.92 Å². The minimum absolute atomic E-state index is 0.171. The highest BCUT2D eigenvalue weighted by molar-refractivity contribution is 5.90. The third-order valence-electron chi connectivity index (χ3n) is 4.28. The SMILES string of the molecule is Cc1c(COc2ccccc2)cccc1NC(=O)N1CC[C@H](O)C1. The molecule has 1 atom stereocenters. The van der Waals surface area contributed by atoms with Crippen molar-refractivity contribution in [2.75, 3.05) is 18.4 Å². The van der Waals surface area contributed by atoms with Crippen LogP contribution in [-0.2, 0) is 6.61 Å². The van der Waals surface area contributed by atoms with Crippen molar-refractivity contribution in [3.63, 3.8) is 0 Å². The van der Waals surface area contributed by atoms with Crippen LogP contribution in [-0.4, -0.2) is 35.2 Å². The lowest BCUT2D eigenvalue weighted by molar-refractivity contribution is 0.176. The first-order chi connectivity index (χ1) is 11.6. The van der Waals surface area contributed by atoms with Gasteiger partial charge in [0.1, 0.15) is 12.4 Å². The number of carbonyl (C=O) groups is 1. The Bertz CT molecular complexity index is 703. The van der Waals surface area contributed by atoms with E-state index >= 15 is 0 Å². The molecule has 2 amide bonds. The van der Waals surface area contributed by atoms with E-state index in [1.807, 2.05) is 55.5 Å². The Hall–Kier alpha value is -2.53. The van der Waals surface area contributed by atoms with Crippen molar-refractivity contribution in [2.24, 2.45) is 0 Å². The van der Waals surface area contributed by atoms with Gasteiger partial charge in [0.15, 0.2) is 0 Å². The van der Waals surface area contributed by atoms with Crippen molar-refractivity contribution in [1.29, 1.82) is 0 Å². The number of likely N-dealkylation sites (tertiary alicyclic amines) is 1. The van der Waals surface area contributed by atoms with E-state index in [0.29, 0.717) is 26.1 Å². The lowest BCUT2D eigenvalue weighted by Crippen LogP contribution is -2.33. The van der Waals surface area contributed by atoms with Gasteiger partial charge >= 0.3 is 6.03 Å². The number of rotatable bonds is 4. The Morgan fingerprint density at radius 2 is 2.04 bits per heavy atom. The number of hydrogen-bond acceptors (Lipinski definition) is 3. The molecule has 3 rings (SSSR count). The van der Waals surface area contributed by atoms with E-state index in [1.165, 1.54) is 0 Å². The number of aliphatic hydroxyl groups is 1. The molecule has 2 aromatic carbocycles. The number of β-amino-alcohol motifs (C(OH)–C–C–N with tert-alkyl or cyclic N) is 1. The van der Waals surface area contributed by atoms with E-state index < -0.39 is 6.10 Å². The monoisotopic (exact) mass is 326 g/mol. The van der Waals surface area contributed by atoms with E-state index in [9.17, 15) is 9.90 Å². The number of anilines is 1. The molecular weight excluding hydrogens is 304 g/mol. The molecule has 126 valence electrons. The van der Waals surface area contributed by atoms with Crippen molar-refractivity contribution in [3.05, 3.63) is 59.7 Å². The molecule has 0 spiro atoms. The van der Waals surface area contributed by atoms with E-state index in [2.05, 4.69) is 5.32 Å². The second-order valence-corrected chi connectivity index (χ2v) is 6.01. The van der Waals surface area contributed by atoms with Crippen LogP contribution in [0.2, 0.25) is 0 Å². The predicted octanol–water partition coefficient (Wildman–Crippen LogP) is 3.17. The highest BCUT2D eigenvalue weighted by atomic mass is 16.5. The van der Waals surface area contributed by atoms with Gasteiger partial charge in [0.05, 0.1) is 6.10 Å². The van der Waals surface area contributed by atoms with E-state index in [4.69, 9.17) is 4.74 Å². The van der Waals surface area contributed by atoms with Crippen molar-refractivity contribution in [3.8, 4) is 5.75 Å². The summed E-state index contributed by atoms with van der Waals surface area (Å²) in [4.78, 5) is 13.9. The first kappa shape index (κ1) is 16.3. The number of carbonyl (C=O) groups excluding carboxylic acids is 1. The number of urea groups is 1. The van der Waals surface area contributed by atoms with Crippen LogP contribution in [0.5, 0.6) is 5.75 Å². The molecule has 0 radical (unpaired) electrons. The van der Waals surface area contributed by atoms with Gasteiger partial charge in [-0.05, 0) is 42.7 Å². The third kappa shape index (κ3) is 3.86. The summed E-state index contributed by atoms with van der Waals surface area (Å²) in [5.41, 5.74) is 2.79. The van der Waals surface area contributed by atoms with Gasteiger partial charge in [0.2, 0.25) is 0 Å². The molecule has 1 aliphatic heterocycles. The van der Waals surface area contributed by atoms with Crippen LogP contribution in [0.25, 0.3) is 0 Å². The van der Waals surface area contributed by atoms with Gasteiger partial charge in [-0.25, -0.2) is 4.79 Å². The third-order valence-corrected chi connectivity index (χ3v) is 4.28. The van der Waals surface area contributed by atoms with Crippen LogP contribution < -0.4 is 10.1 Å². The van der Waals surface area contributed by atoms with Crippen LogP contribution in [0.1, 0.15) is 17.5 Å². The maximum atomic E-state index is 12.3. The fraction of sp³-hybridized carbons (Fsp3) is 0.316. The molecule has 0 bridgehead atoms. The van der Waals surface area contributed by atoms with Gasteiger partial charge in [0.25, 0.3) is 0 Å². The first-order valence-electron chi connectivity index (χ1n) is 8.14. The number of hydrogen-bond donors (Lipinski definition) is 2. The minimum Gasteiger partial charge on any atom is -0.489 e. The number of aliphatic hydroxyl groups excluding tert-OH is 1. The molecule has 2 N–H and O–H groups in total. The second kappa shape index (κ2) is 7.36. The topological polar surface area (TPSA) is 61.8 Å². The van der Waals surface area contributed by atoms with E-state index in [1.54, 1.807) is 4.90 Å². The van der Waals surface area contributed by atoms with Crippen molar-refractivity contribution < 1.29 is 14.6 Å². The zero-order valence-electron chi connectivity index (χ0n) is 13.7. The largest absolute Gasteiger partial charge is 0.489 e. The quantitative estimate of drug-likeness (QED) is 0.907. The Labute approximate surface area is 141 Å². The normalized spacial score (nSPS) is 16.9. The first-order valence-corrected chi connectivity index (χ1v) is 8.14. The summed E-state index contributed by atoms with van der Waals surface area (Å²) in [6.45, 7) is 3.39. The molecule has 1 fully saturated rings. The van der Waals surface area contributed by atoms with Gasteiger partial charge in [-0.15, -0.1) is 0 Å². The zero-order valence-corrected chi connectivity index (χ0v) is 13.7. The predicted molar refractivity (Wildman–Crippen MR) is 93.2 cm³/mol. The molecule has 0 aromatic heterocycles. The van der Waals surface area contributed by atoms with Crippen LogP contribution >= 0.6 is 0 Å². The van der Waals surface area contributed by atoms with Gasteiger partial charge < -0.3 is 20.1 Å². The molecule has 0 aliphatic carbocycles. The lowest BCUT2D eigenvalue weighted by Gasteiger charge is -2.18. The fourth-order valence-electron chi connectivity index (χ4n) is 2.77. The van der Waals surface area contributed by atoms with Crippen LogP contribution in [0.3, 0.4) is 0 Å². The number of nitrogens with zero attached hydrogens (tertiary/aromatic N) is 1. The maximum Gasteiger partial charge on any atom is 0.321 e. The summed E-state index contributed by atoms with van der Waals surface area (Å²) in [6, 6.07) is 15.3. The summed E-state index contributed by atoms with van der Waals surface area (Å²) in [6.07, 6.45) is 0.222. The standard InChI is InChI=1S/C19H22N2O3/c1-14-15(13-24-17-7-3-2-4-8-17)6-5-9-18(14)20-19(23)21-11-10-16(22)12-21/h2-9,16,22H,10-13H2,1H3,(H,20,23)/t16-/m0/s1. The summed E-state index contributed by atoms with van der Waals surface area (Å²) >= 11 is 0. The minimum atomic E-state index is -0.414. The molecule has 1 aliphatic rings. The van der Waals surface area contributed by atoms with Gasteiger partial charge in [0, 0.05) is 18.8 Å². The average molecular weight is 326 g/mol. The summed E-state index contributed by atoms with van der Waals surface area (Å²) in [5, 5.41) is 12.5. The average Bonchev–Trinajstić information content (AvgIpc) is 3.03. The maximum absolute atomic E-state index is 12.3. The molecule has 24 heavy (non-hydrogen) atoms. The number of benzene rings is 2. The molecule has 1 saturated heterocycles. The highest BCUT2D eigenvalue weighted by Gasteiger charge is 2.24. The lowest BCUT2D eigenvalue weighted by atomic mass is 10.1. The van der Waals surface area contributed by atoms with Crippen molar-refractivity contribution in [2.45, 2.75) is 26.1 Å². The Morgan fingerprint density at radius 1 is 1.25 bits per heavy atom. The van der Waals surface area contributed by atoms with E-state index in [0.717, 1.165) is 22.6 Å².